The summed E-state index contributed by atoms with van der Waals surface area (Å²) in [6.45, 7) is 2.63. The number of hydrogen-bond donors (Lipinski definition) is 1. The van der Waals surface area contributed by atoms with Gasteiger partial charge in [-0.3, -0.25) is 0 Å². The van der Waals surface area contributed by atoms with Gasteiger partial charge in [0.15, 0.2) is 11.6 Å². The molecule has 2 aromatic rings. The van der Waals surface area contributed by atoms with Crippen LogP contribution in [0.5, 0.6) is 5.75 Å². The van der Waals surface area contributed by atoms with E-state index >= 15 is 0 Å². The molecule has 0 saturated carbocycles. The number of fused-ring (bicyclic) bond motifs is 1. The summed E-state index contributed by atoms with van der Waals surface area (Å²) in [7, 11) is -3.82. The Morgan fingerprint density at radius 3 is 2.72 bits per heavy atom. The average molecular weight is 365 g/mol. The van der Waals surface area contributed by atoms with E-state index in [1.807, 2.05) is 24.3 Å². The first-order chi connectivity index (χ1) is 12.0. The molecule has 1 N–H and O–H groups in total. The monoisotopic (exact) mass is 365 g/mol. The summed E-state index contributed by atoms with van der Waals surface area (Å²) in [6, 6.07) is 11.5. The van der Waals surface area contributed by atoms with Gasteiger partial charge in [0.1, 0.15) is 0 Å². The Bertz CT molecular complexity index is 854. The Labute approximate surface area is 146 Å². The summed E-state index contributed by atoms with van der Waals surface area (Å²) < 4.78 is 51.9. The zero-order valence-electron chi connectivity index (χ0n) is 13.9. The fourth-order valence-corrected chi connectivity index (χ4v) is 3.83. The Balaban J connectivity index is 1.65. The number of rotatable bonds is 6. The van der Waals surface area contributed by atoms with E-state index in [-0.39, 0.29) is 23.3 Å². The summed E-state index contributed by atoms with van der Waals surface area (Å²) in [5.74, 6) is -0.666. The number of nitrogens with one attached hydrogen (secondary N) is 1. The highest BCUT2D eigenvalue weighted by Gasteiger charge is 2.22. The third kappa shape index (κ3) is 4.18. The van der Waals surface area contributed by atoms with Crippen molar-refractivity contribution in [2.24, 2.45) is 0 Å². The molecule has 25 heavy (non-hydrogen) atoms. The molecule has 1 aliphatic rings. The maximum Gasteiger partial charge on any atom is 0.240 e. The van der Waals surface area contributed by atoms with Crippen molar-refractivity contribution in [3.63, 3.8) is 0 Å². The first-order valence-corrected chi connectivity index (χ1v) is 9.58. The van der Waals surface area contributed by atoms with E-state index in [2.05, 4.69) is 4.72 Å². The van der Waals surface area contributed by atoms with Gasteiger partial charge in [0.2, 0.25) is 10.0 Å². The van der Waals surface area contributed by atoms with Crippen LogP contribution in [0.1, 0.15) is 18.1 Å². The molecule has 1 heterocycles. The predicted octanol–water partition coefficient (Wildman–Crippen LogP) is 2.64. The Hall–Kier alpha value is -1.96. The second kappa shape index (κ2) is 7.51. The number of benzene rings is 2. The fraction of sp³-hybridized carbons (Fsp3) is 0.333. The van der Waals surface area contributed by atoms with Crippen molar-refractivity contribution in [1.82, 2.24) is 4.72 Å². The molecule has 3 rings (SSSR count). The third-order valence-electron chi connectivity index (χ3n) is 4.06. The quantitative estimate of drug-likeness (QED) is 0.855. The fourth-order valence-electron chi connectivity index (χ4n) is 2.75. The molecule has 1 atom stereocenters. The van der Waals surface area contributed by atoms with Gasteiger partial charge in [0.25, 0.3) is 0 Å². The van der Waals surface area contributed by atoms with Crippen molar-refractivity contribution in [2.75, 3.05) is 13.2 Å². The highest BCUT2D eigenvalue weighted by Crippen LogP contribution is 2.22. The number of ether oxygens (including phenoxy) is 2. The topological polar surface area (TPSA) is 64.6 Å². The van der Waals surface area contributed by atoms with E-state index in [1.165, 1.54) is 12.1 Å². The SMILES string of the molecule is CCOc1ccc(S(=O)(=O)NCC2Cc3ccccc3CO2)cc1F. The van der Waals surface area contributed by atoms with Crippen LogP contribution in [0.4, 0.5) is 4.39 Å². The zero-order chi connectivity index (χ0) is 17.9. The van der Waals surface area contributed by atoms with Crippen molar-refractivity contribution in [3.8, 4) is 5.75 Å². The third-order valence-corrected chi connectivity index (χ3v) is 5.48. The van der Waals surface area contributed by atoms with Crippen molar-refractivity contribution in [3.05, 3.63) is 59.4 Å². The molecular formula is C18H20FNO4S. The van der Waals surface area contributed by atoms with Gasteiger partial charge in [-0.1, -0.05) is 24.3 Å². The highest BCUT2D eigenvalue weighted by atomic mass is 32.2. The highest BCUT2D eigenvalue weighted by molar-refractivity contribution is 7.89. The average Bonchev–Trinajstić information content (AvgIpc) is 2.61. The van der Waals surface area contributed by atoms with Gasteiger partial charge in [-0.05, 0) is 36.2 Å². The molecular weight excluding hydrogens is 345 g/mol. The lowest BCUT2D eigenvalue weighted by Crippen LogP contribution is -2.36. The molecule has 1 aliphatic heterocycles. The zero-order valence-corrected chi connectivity index (χ0v) is 14.7. The number of sulfonamides is 1. The van der Waals surface area contributed by atoms with E-state index in [0.717, 1.165) is 17.2 Å². The van der Waals surface area contributed by atoms with Crippen LogP contribution in [0.15, 0.2) is 47.4 Å². The molecule has 0 aliphatic carbocycles. The van der Waals surface area contributed by atoms with E-state index < -0.39 is 15.8 Å². The maximum absolute atomic E-state index is 13.9. The maximum atomic E-state index is 13.9. The Morgan fingerprint density at radius 1 is 1.24 bits per heavy atom. The van der Waals surface area contributed by atoms with Crippen LogP contribution in [-0.2, 0) is 27.8 Å². The van der Waals surface area contributed by atoms with Crippen molar-refractivity contribution < 1.29 is 22.3 Å². The first kappa shape index (κ1) is 17.8. The van der Waals surface area contributed by atoms with Crippen molar-refractivity contribution in [1.29, 1.82) is 0 Å². The van der Waals surface area contributed by atoms with E-state index in [4.69, 9.17) is 9.47 Å². The van der Waals surface area contributed by atoms with E-state index in [0.29, 0.717) is 19.6 Å². The van der Waals surface area contributed by atoms with Crippen molar-refractivity contribution >= 4 is 10.0 Å². The summed E-state index contributed by atoms with van der Waals surface area (Å²) in [4.78, 5) is -0.135. The normalized spacial score (nSPS) is 17.1. The van der Waals surface area contributed by atoms with E-state index in [9.17, 15) is 12.8 Å². The lowest BCUT2D eigenvalue weighted by atomic mass is 9.99. The van der Waals surface area contributed by atoms with Gasteiger partial charge in [-0.25, -0.2) is 17.5 Å². The summed E-state index contributed by atoms with van der Waals surface area (Å²) >= 11 is 0. The molecule has 2 aromatic carbocycles. The predicted molar refractivity (Wildman–Crippen MR) is 91.5 cm³/mol. The lowest BCUT2D eigenvalue weighted by Gasteiger charge is -2.25. The molecule has 134 valence electrons. The molecule has 1 unspecified atom stereocenters. The minimum Gasteiger partial charge on any atom is -0.491 e. The van der Waals surface area contributed by atoms with Crippen LogP contribution in [0.3, 0.4) is 0 Å². The summed E-state index contributed by atoms with van der Waals surface area (Å²) in [5, 5.41) is 0. The number of hydrogen-bond acceptors (Lipinski definition) is 4. The van der Waals surface area contributed by atoms with Crippen LogP contribution in [0, 0.1) is 5.82 Å². The van der Waals surface area contributed by atoms with Gasteiger partial charge < -0.3 is 9.47 Å². The minimum atomic E-state index is -3.82. The lowest BCUT2D eigenvalue weighted by molar-refractivity contribution is 0.0322. The van der Waals surface area contributed by atoms with Gasteiger partial charge in [-0.15, -0.1) is 0 Å². The Morgan fingerprint density at radius 2 is 2.00 bits per heavy atom. The Kier molecular flexibility index (Phi) is 5.36. The van der Waals surface area contributed by atoms with Crippen LogP contribution in [0.25, 0.3) is 0 Å². The van der Waals surface area contributed by atoms with Gasteiger partial charge in [-0.2, -0.15) is 0 Å². The molecule has 0 amide bonds. The first-order valence-electron chi connectivity index (χ1n) is 8.10. The second-order valence-corrected chi connectivity index (χ2v) is 7.55. The van der Waals surface area contributed by atoms with Crippen molar-refractivity contribution in [2.45, 2.75) is 31.0 Å². The van der Waals surface area contributed by atoms with Gasteiger partial charge >= 0.3 is 0 Å². The second-order valence-electron chi connectivity index (χ2n) is 5.78. The van der Waals surface area contributed by atoms with Crippen LogP contribution in [-0.4, -0.2) is 27.7 Å². The molecule has 0 radical (unpaired) electrons. The number of halogens is 1. The molecule has 0 spiro atoms. The molecule has 0 fully saturated rings. The molecule has 0 saturated heterocycles. The summed E-state index contributed by atoms with van der Waals surface area (Å²) in [6.07, 6.45) is 0.383. The standard InChI is InChI=1S/C18H20FNO4S/c1-2-23-18-8-7-16(10-17(18)19)25(21,22)20-11-15-9-13-5-3-4-6-14(13)12-24-15/h3-8,10,15,20H,2,9,11-12H2,1H3. The van der Waals surface area contributed by atoms with Gasteiger partial charge in [0.05, 0.1) is 24.2 Å². The molecule has 0 aromatic heterocycles. The van der Waals surface area contributed by atoms with Crippen LogP contribution in [0.2, 0.25) is 0 Å². The largest absolute Gasteiger partial charge is 0.491 e. The van der Waals surface area contributed by atoms with Crippen LogP contribution >= 0.6 is 0 Å². The van der Waals surface area contributed by atoms with E-state index in [1.54, 1.807) is 6.92 Å². The smallest absolute Gasteiger partial charge is 0.240 e. The van der Waals surface area contributed by atoms with Crippen LogP contribution < -0.4 is 9.46 Å². The summed E-state index contributed by atoms with van der Waals surface area (Å²) in [5.41, 5.74) is 2.28. The van der Waals surface area contributed by atoms with Gasteiger partial charge in [0, 0.05) is 13.0 Å². The molecule has 5 nitrogen and oxygen atoms in total. The molecule has 0 bridgehead atoms. The minimum absolute atomic E-state index is 0.0358. The molecule has 7 heteroatoms.